The molecule has 3 nitrogen and oxygen atoms in total. The van der Waals surface area contributed by atoms with Gasteiger partial charge in [0, 0.05) is 23.1 Å². The molecule has 0 saturated heterocycles. The van der Waals surface area contributed by atoms with E-state index in [2.05, 4.69) is 45.1 Å². The van der Waals surface area contributed by atoms with Gasteiger partial charge in [0.05, 0.1) is 0 Å². The maximum absolute atomic E-state index is 9.26. The minimum Gasteiger partial charge on any atom is -0.465 e. The summed E-state index contributed by atoms with van der Waals surface area (Å²) < 4.78 is 0. The van der Waals surface area contributed by atoms with Gasteiger partial charge in [0.15, 0.2) is 0 Å². The Balaban J connectivity index is 0.000000257. The van der Waals surface area contributed by atoms with E-state index in [4.69, 9.17) is 5.11 Å². The average Bonchev–Trinajstić information content (AvgIpc) is 3.18. The number of nitrogens with one attached hydrogen (secondary N) is 1. The van der Waals surface area contributed by atoms with Crippen LogP contribution in [0.15, 0.2) is 45.1 Å². The van der Waals surface area contributed by atoms with Crippen molar-refractivity contribution in [1.29, 1.82) is 0 Å². The molecule has 0 atom stereocenters. The zero-order valence-corrected chi connectivity index (χ0v) is 13.1. The van der Waals surface area contributed by atoms with Gasteiger partial charge in [0.25, 0.3) is 0 Å². The predicted molar refractivity (Wildman–Crippen MR) is 88.0 cm³/mol. The van der Waals surface area contributed by atoms with Crippen LogP contribution in [0, 0.1) is 0 Å². The van der Waals surface area contributed by atoms with Crippen molar-refractivity contribution in [3.63, 3.8) is 0 Å². The average molecular weight is 323 g/mol. The summed E-state index contributed by atoms with van der Waals surface area (Å²) in [5.74, 6) is 0. The molecule has 1 amide bonds. The molecule has 0 spiro atoms. The minimum atomic E-state index is -0.995. The minimum absolute atomic E-state index is 0.995. The van der Waals surface area contributed by atoms with Crippen molar-refractivity contribution in [2.24, 2.45) is 0 Å². The number of amides is 1. The van der Waals surface area contributed by atoms with E-state index in [9.17, 15) is 4.79 Å². The van der Waals surface area contributed by atoms with Crippen LogP contribution in [0.2, 0.25) is 0 Å². The van der Waals surface area contributed by atoms with Gasteiger partial charge in [-0.05, 0) is 50.7 Å². The zero-order chi connectivity index (χ0) is 14.4. The molecule has 20 heavy (non-hydrogen) atoms. The smallest absolute Gasteiger partial charge is 0.404 e. The lowest BCUT2D eigenvalue weighted by Crippen LogP contribution is -2.13. The quantitative estimate of drug-likeness (QED) is 0.690. The van der Waals surface area contributed by atoms with Crippen LogP contribution < -0.4 is 5.32 Å². The molecule has 3 heterocycles. The van der Waals surface area contributed by atoms with Crippen molar-refractivity contribution < 1.29 is 9.90 Å². The molecular formula is C14H13NO2S3. The Morgan fingerprint density at radius 2 is 1.65 bits per heavy atom. The summed E-state index contributed by atoms with van der Waals surface area (Å²) in [5, 5.41) is 20.4. The van der Waals surface area contributed by atoms with Crippen molar-refractivity contribution in [1.82, 2.24) is 5.32 Å². The van der Waals surface area contributed by atoms with Crippen molar-refractivity contribution in [3.8, 4) is 21.6 Å². The maximum Gasteiger partial charge on any atom is 0.404 e. The molecule has 0 saturated carbocycles. The van der Waals surface area contributed by atoms with Gasteiger partial charge in [-0.1, -0.05) is 0 Å². The summed E-state index contributed by atoms with van der Waals surface area (Å²) in [6.07, 6.45) is -0.995. The molecule has 6 heteroatoms. The van der Waals surface area contributed by atoms with E-state index >= 15 is 0 Å². The van der Waals surface area contributed by atoms with E-state index in [-0.39, 0.29) is 0 Å². The second kappa shape index (κ2) is 7.23. The summed E-state index contributed by atoms with van der Waals surface area (Å²) in [6, 6.07) is 6.58. The Labute approximate surface area is 129 Å². The van der Waals surface area contributed by atoms with Gasteiger partial charge in [0.1, 0.15) is 0 Å². The Hall–Kier alpha value is -1.63. The van der Waals surface area contributed by atoms with Gasteiger partial charge in [0.2, 0.25) is 0 Å². The fourth-order valence-electron chi connectivity index (χ4n) is 1.57. The third-order valence-electron chi connectivity index (χ3n) is 2.49. The van der Waals surface area contributed by atoms with E-state index < -0.39 is 6.09 Å². The summed E-state index contributed by atoms with van der Waals surface area (Å²) >= 11 is 5.32. The van der Waals surface area contributed by atoms with Gasteiger partial charge in [-0.3, -0.25) is 0 Å². The number of carboxylic acid groups (broad SMARTS) is 1. The fraction of sp³-hybridized carbons (Fsp3) is 0.0714. The molecule has 0 aliphatic heterocycles. The lowest BCUT2D eigenvalue weighted by atomic mass is 10.1. The molecule has 2 N–H and O–H groups in total. The van der Waals surface area contributed by atoms with Crippen molar-refractivity contribution in [2.45, 2.75) is 0 Å². The molecule has 0 bridgehead atoms. The highest BCUT2D eigenvalue weighted by atomic mass is 32.1. The molecular weight excluding hydrogens is 310 g/mol. The molecule has 0 aliphatic carbocycles. The first-order valence-corrected chi connectivity index (χ1v) is 8.52. The van der Waals surface area contributed by atoms with Crippen LogP contribution in [0.25, 0.3) is 21.6 Å². The molecule has 3 aromatic heterocycles. The van der Waals surface area contributed by atoms with E-state index in [1.807, 2.05) is 16.7 Å². The molecule has 0 aromatic carbocycles. The van der Waals surface area contributed by atoms with E-state index in [0.717, 1.165) is 0 Å². The number of hydrogen-bond acceptors (Lipinski definition) is 4. The van der Waals surface area contributed by atoms with Crippen molar-refractivity contribution in [2.75, 3.05) is 7.05 Å². The predicted octanol–water partition coefficient (Wildman–Crippen LogP) is 5.09. The maximum atomic E-state index is 9.26. The highest BCUT2D eigenvalue weighted by Gasteiger charge is 2.09. The van der Waals surface area contributed by atoms with Gasteiger partial charge in [-0.25, -0.2) is 4.79 Å². The first kappa shape index (κ1) is 14.8. The Morgan fingerprint density at radius 1 is 1.05 bits per heavy atom. The molecule has 0 unspecified atom stereocenters. The SMILES string of the molecule is CNC(=O)O.c1cc(-c2ccsc2-c2ccsc2)cs1. The number of rotatable bonds is 2. The molecule has 0 fully saturated rings. The molecule has 0 aliphatic rings. The number of thiophene rings is 3. The second-order valence-corrected chi connectivity index (χ2v) is 6.22. The first-order chi connectivity index (χ1) is 9.72. The fourth-order valence-corrected chi connectivity index (χ4v) is 3.86. The largest absolute Gasteiger partial charge is 0.465 e. The normalized spacial score (nSPS) is 9.65. The monoisotopic (exact) mass is 323 g/mol. The number of hydrogen-bond donors (Lipinski definition) is 2. The molecule has 3 rings (SSSR count). The summed E-state index contributed by atoms with van der Waals surface area (Å²) in [5.41, 5.74) is 4.04. The number of carbonyl (C=O) groups is 1. The second-order valence-electron chi connectivity index (χ2n) is 3.74. The van der Waals surface area contributed by atoms with Crippen LogP contribution in [-0.4, -0.2) is 18.2 Å². The molecule has 3 aromatic rings. The highest BCUT2D eigenvalue weighted by molar-refractivity contribution is 7.15. The lowest BCUT2D eigenvalue weighted by Gasteiger charge is -1.98. The van der Waals surface area contributed by atoms with Crippen LogP contribution in [0.5, 0.6) is 0 Å². The van der Waals surface area contributed by atoms with Gasteiger partial charge < -0.3 is 10.4 Å². The molecule has 104 valence electrons. The first-order valence-electron chi connectivity index (χ1n) is 5.75. The summed E-state index contributed by atoms with van der Waals surface area (Å²) in [7, 11) is 1.35. The third kappa shape index (κ3) is 3.69. The Morgan fingerprint density at radius 3 is 2.15 bits per heavy atom. The van der Waals surface area contributed by atoms with Crippen LogP contribution in [-0.2, 0) is 0 Å². The van der Waals surface area contributed by atoms with Crippen molar-refractivity contribution >= 4 is 40.1 Å². The molecule has 0 radical (unpaired) electrons. The zero-order valence-electron chi connectivity index (χ0n) is 10.7. The van der Waals surface area contributed by atoms with Crippen molar-refractivity contribution in [3.05, 3.63) is 45.1 Å². The lowest BCUT2D eigenvalue weighted by molar-refractivity contribution is 0.197. The van der Waals surface area contributed by atoms with E-state index in [1.165, 1.54) is 28.6 Å². The standard InChI is InChI=1S/C12H8S3.C2H5NO2/c1-4-13-7-9(1)11-3-6-15-12(11)10-2-5-14-8-10;1-3-2(4)5/h1-8H;3H,1H3,(H,4,5). The van der Waals surface area contributed by atoms with Gasteiger partial charge in [-0.15, -0.1) is 11.3 Å². The van der Waals surface area contributed by atoms with E-state index in [1.54, 1.807) is 22.7 Å². The highest BCUT2D eigenvalue weighted by Crippen LogP contribution is 2.38. The summed E-state index contributed by atoms with van der Waals surface area (Å²) in [6.45, 7) is 0. The van der Waals surface area contributed by atoms with E-state index in [0.29, 0.717) is 0 Å². The van der Waals surface area contributed by atoms with Crippen LogP contribution >= 0.6 is 34.0 Å². The Bertz CT molecular complexity index is 593. The van der Waals surface area contributed by atoms with Crippen LogP contribution in [0.3, 0.4) is 0 Å². The van der Waals surface area contributed by atoms with Gasteiger partial charge >= 0.3 is 6.09 Å². The summed E-state index contributed by atoms with van der Waals surface area (Å²) in [4.78, 5) is 10.6. The van der Waals surface area contributed by atoms with Gasteiger partial charge in [-0.2, -0.15) is 22.7 Å². The van der Waals surface area contributed by atoms with Crippen LogP contribution in [0.1, 0.15) is 0 Å². The Kier molecular flexibility index (Phi) is 5.34. The topological polar surface area (TPSA) is 49.3 Å². The third-order valence-corrected chi connectivity index (χ3v) is 4.82. The van der Waals surface area contributed by atoms with Crippen LogP contribution in [0.4, 0.5) is 4.79 Å².